The third-order valence-electron chi connectivity index (χ3n) is 5.92. The van der Waals surface area contributed by atoms with E-state index in [-0.39, 0.29) is 11.8 Å². The summed E-state index contributed by atoms with van der Waals surface area (Å²) >= 11 is 2.30. The van der Waals surface area contributed by atoms with E-state index in [0.29, 0.717) is 29.0 Å². The second kappa shape index (κ2) is 9.30. The molecule has 0 spiro atoms. The van der Waals surface area contributed by atoms with Gasteiger partial charge >= 0.3 is 0 Å². The predicted octanol–water partition coefficient (Wildman–Crippen LogP) is 5.27. The van der Waals surface area contributed by atoms with Crippen molar-refractivity contribution in [2.45, 2.75) is 19.8 Å². The second-order valence-corrected chi connectivity index (χ2v) is 14.4. The summed E-state index contributed by atoms with van der Waals surface area (Å²) in [6.07, 6.45) is 4.13. The minimum Gasteiger partial charge on any atom is -0.353 e. The molecule has 12 heteroatoms. The van der Waals surface area contributed by atoms with Crippen LogP contribution in [-0.4, -0.2) is 43.3 Å². The molecule has 1 aromatic carbocycles. The van der Waals surface area contributed by atoms with E-state index in [4.69, 9.17) is 9.97 Å². The fraction of sp³-hybridized carbons (Fsp3) is 0.304. The van der Waals surface area contributed by atoms with E-state index in [0.717, 1.165) is 40.9 Å². The average Bonchev–Trinajstić information content (AvgIpc) is 3.48. The fourth-order valence-electron chi connectivity index (χ4n) is 3.95. The molecule has 4 aromatic rings. The van der Waals surface area contributed by atoms with E-state index in [1.807, 2.05) is 54.8 Å². The smallest absolute Gasteiger partial charge is 0.228 e. The van der Waals surface area contributed by atoms with E-state index in [1.54, 1.807) is 18.0 Å². The van der Waals surface area contributed by atoms with Crippen molar-refractivity contribution in [3.63, 3.8) is 0 Å². The standard InChI is InChI=1S/C23H26IN7O2P2/c1-13-25-21-18(12-20(27-22(21)31(13)34-24)28-23(32)14-5-6-14)26-17-8-7-15(11-19(17)35(3,4)33)16-9-10-30(2)29-16/h7-12,14,34H,5-6H2,1-4H3,(H2,26,27,28,32). The topological polar surface area (TPSA) is 107 Å². The molecule has 2 N–H and O–H groups in total. The summed E-state index contributed by atoms with van der Waals surface area (Å²) in [6, 6.07) is 9.58. The van der Waals surface area contributed by atoms with E-state index in [1.165, 1.54) is 0 Å². The first-order valence-electron chi connectivity index (χ1n) is 11.2. The third-order valence-corrected chi connectivity index (χ3v) is 9.61. The molecule has 1 unspecified atom stereocenters. The molecule has 1 aliphatic carbocycles. The van der Waals surface area contributed by atoms with Gasteiger partial charge in [-0.3, -0.25) is 13.8 Å². The maximum Gasteiger partial charge on any atom is 0.228 e. The Balaban J connectivity index is 1.61. The number of pyridine rings is 1. The van der Waals surface area contributed by atoms with Crippen molar-refractivity contribution in [1.29, 1.82) is 0 Å². The van der Waals surface area contributed by atoms with Crippen LogP contribution >= 0.6 is 35.6 Å². The van der Waals surface area contributed by atoms with Crippen molar-refractivity contribution in [2.24, 2.45) is 13.0 Å². The van der Waals surface area contributed by atoms with Crippen LogP contribution in [0.2, 0.25) is 0 Å². The first-order chi connectivity index (χ1) is 16.6. The maximum absolute atomic E-state index is 13.3. The largest absolute Gasteiger partial charge is 0.353 e. The molecular weight excluding hydrogens is 595 g/mol. The Kier molecular flexibility index (Phi) is 6.48. The van der Waals surface area contributed by atoms with Gasteiger partial charge in [0, 0.05) is 41.8 Å². The Morgan fingerprint density at radius 3 is 2.57 bits per heavy atom. The van der Waals surface area contributed by atoms with Crippen molar-refractivity contribution in [3.8, 4) is 11.3 Å². The lowest BCUT2D eigenvalue weighted by Crippen LogP contribution is -2.15. The molecule has 1 fully saturated rings. The Hall–Kier alpha value is -2.29. The predicted molar refractivity (Wildman–Crippen MR) is 152 cm³/mol. The minimum atomic E-state index is -2.65. The number of carbonyl (C=O) groups excluding carboxylic acids is 1. The van der Waals surface area contributed by atoms with Crippen LogP contribution < -0.4 is 15.9 Å². The zero-order valence-electron chi connectivity index (χ0n) is 19.8. The van der Waals surface area contributed by atoms with Gasteiger partial charge in [0.05, 0.1) is 17.8 Å². The van der Waals surface area contributed by atoms with Crippen LogP contribution in [0.5, 0.6) is 0 Å². The highest BCUT2D eigenvalue weighted by atomic mass is 127. The Morgan fingerprint density at radius 2 is 1.94 bits per heavy atom. The Bertz CT molecular complexity index is 1500. The number of rotatable bonds is 7. The molecule has 3 heterocycles. The lowest BCUT2D eigenvalue weighted by molar-refractivity contribution is -0.117. The first kappa shape index (κ1) is 24.4. The molecule has 9 nitrogen and oxygen atoms in total. The van der Waals surface area contributed by atoms with E-state index in [9.17, 15) is 9.36 Å². The van der Waals surface area contributed by atoms with Crippen LogP contribution in [0.4, 0.5) is 17.2 Å². The maximum atomic E-state index is 13.3. The number of imidazole rings is 1. The number of amides is 1. The molecule has 0 aliphatic heterocycles. The number of benzene rings is 1. The molecule has 5 rings (SSSR count). The summed E-state index contributed by atoms with van der Waals surface area (Å²) in [5, 5.41) is 11.6. The quantitative estimate of drug-likeness (QED) is 0.215. The number of carbonyl (C=O) groups is 1. The van der Waals surface area contributed by atoms with E-state index < -0.39 is 7.14 Å². The first-order valence-corrected chi connectivity index (χ1v) is 17.8. The molecule has 0 bridgehead atoms. The summed E-state index contributed by atoms with van der Waals surface area (Å²) in [6.45, 7) is 5.46. The minimum absolute atomic E-state index is 0.00506. The molecule has 1 amide bonds. The van der Waals surface area contributed by atoms with Crippen LogP contribution in [0.1, 0.15) is 18.7 Å². The van der Waals surface area contributed by atoms with Gasteiger partial charge in [-0.25, -0.2) is 9.97 Å². The summed E-state index contributed by atoms with van der Waals surface area (Å²) < 4.78 is 17.1. The van der Waals surface area contributed by atoms with Crippen LogP contribution in [0, 0.1) is 12.8 Å². The summed E-state index contributed by atoms with van der Waals surface area (Å²) in [4.78, 5) is 21.9. The highest BCUT2D eigenvalue weighted by Crippen LogP contribution is 2.41. The molecule has 35 heavy (non-hydrogen) atoms. The summed E-state index contributed by atoms with van der Waals surface area (Å²) in [7, 11) is -0.779. The van der Waals surface area contributed by atoms with Crippen LogP contribution in [0.15, 0.2) is 36.5 Å². The molecule has 1 aliphatic rings. The molecule has 0 saturated heterocycles. The van der Waals surface area contributed by atoms with Crippen LogP contribution in [0.3, 0.4) is 0 Å². The van der Waals surface area contributed by atoms with Crippen molar-refractivity contribution in [2.75, 3.05) is 24.0 Å². The number of aryl methyl sites for hydroxylation is 2. The molecule has 0 radical (unpaired) electrons. The molecule has 182 valence electrons. The van der Waals surface area contributed by atoms with E-state index in [2.05, 4.69) is 37.8 Å². The zero-order chi connectivity index (χ0) is 24.9. The number of hydrogen-bond donors (Lipinski definition) is 2. The molecule has 1 atom stereocenters. The fourth-order valence-corrected chi connectivity index (χ4v) is 7.25. The number of nitrogens with one attached hydrogen (secondary N) is 2. The lowest BCUT2D eigenvalue weighted by Gasteiger charge is -2.17. The number of anilines is 3. The van der Waals surface area contributed by atoms with Crippen molar-refractivity contribution >= 4 is 75.1 Å². The summed E-state index contributed by atoms with van der Waals surface area (Å²) in [5.41, 5.74) is 4.57. The SMILES string of the molecule is Cc1nc2c(Nc3ccc(-c4ccn(C)n4)cc3P(C)(C)=O)cc(NC(=O)C3CC3)nc2n1PI. The number of nitrogens with zero attached hydrogens (tertiary/aromatic N) is 5. The number of fused-ring (bicyclic) bond motifs is 1. The zero-order valence-corrected chi connectivity index (χ0v) is 23.9. The second-order valence-electron chi connectivity index (χ2n) is 9.15. The monoisotopic (exact) mass is 621 g/mol. The summed E-state index contributed by atoms with van der Waals surface area (Å²) in [5.74, 6) is 1.39. The van der Waals surface area contributed by atoms with Gasteiger partial charge in [0.1, 0.15) is 24.3 Å². The Morgan fingerprint density at radius 1 is 1.17 bits per heavy atom. The van der Waals surface area contributed by atoms with Crippen LogP contribution in [-0.2, 0) is 16.4 Å². The average molecular weight is 621 g/mol. The van der Waals surface area contributed by atoms with Crippen molar-refractivity contribution in [1.82, 2.24) is 24.1 Å². The number of hydrogen-bond acceptors (Lipinski definition) is 6. The number of aromatic nitrogens is 5. The van der Waals surface area contributed by atoms with Gasteiger partial charge in [-0.05, 0) is 73.3 Å². The van der Waals surface area contributed by atoms with E-state index >= 15 is 0 Å². The number of halogens is 1. The Labute approximate surface area is 218 Å². The molecular formula is C23H26IN7O2P2. The molecule has 3 aromatic heterocycles. The van der Waals surface area contributed by atoms with Gasteiger partial charge in [-0.15, -0.1) is 0 Å². The highest BCUT2D eigenvalue weighted by Gasteiger charge is 2.30. The highest BCUT2D eigenvalue weighted by molar-refractivity contribution is 14.2. The van der Waals surface area contributed by atoms with Gasteiger partial charge in [0.2, 0.25) is 5.91 Å². The van der Waals surface area contributed by atoms with Crippen molar-refractivity contribution < 1.29 is 9.36 Å². The van der Waals surface area contributed by atoms with Gasteiger partial charge in [-0.2, -0.15) is 5.10 Å². The van der Waals surface area contributed by atoms with Crippen molar-refractivity contribution in [3.05, 3.63) is 42.4 Å². The third kappa shape index (κ3) is 5.01. The van der Waals surface area contributed by atoms with Gasteiger partial charge < -0.3 is 15.2 Å². The van der Waals surface area contributed by atoms with Crippen LogP contribution in [0.25, 0.3) is 22.4 Å². The van der Waals surface area contributed by atoms with Gasteiger partial charge in [-0.1, -0.05) is 6.07 Å². The lowest BCUT2D eigenvalue weighted by atomic mass is 10.1. The van der Waals surface area contributed by atoms with Gasteiger partial charge in [0.15, 0.2) is 5.65 Å². The molecule has 1 saturated carbocycles. The van der Waals surface area contributed by atoms with Gasteiger partial charge in [0.25, 0.3) is 0 Å². The normalized spacial score (nSPS) is 14.2.